The van der Waals surface area contributed by atoms with E-state index in [0.29, 0.717) is 12.0 Å². The Labute approximate surface area is 233 Å². The Kier molecular flexibility index (Phi) is 7.18. The Balaban J connectivity index is 1.31. The molecular formula is C31H36FN3O5. The molecule has 8 nitrogen and oxygen atoms in total. The molecule has 5 rings (SSSR count). The minimum Gasteiger partial charge on any atom is -0.444 e. The number of likely N-dealkylation sites (tertiary alicyclic amines) is 1. The number of Topliss-reactive ketones (excluding diaryl/α,β-unsaturated/α-hetero) is 1. The van der Waals surface area contributed by atoms with E-state index in [-0.39, 0.29) is 42.1 Å². The smallest absolute Gasteiger partial charge is 0.411 e. The number of hydrogen-bond donors (Lipinski definition) is 1. The maximum absolute atomic E-state index is 15.3. The molecule has 1 aliphatic carbocycles. The zero-order chi connectivity index (χ0) is 28.9. The molecular weight excluding hydrogens is 513 g/mol. The summed E-state index contributed by atoms with van der Waals surface area (Å²) >= 11 is 0. The molecule has 2 aromatic carbocycles. The number of nitrogens with zero attached hydrogens (tertiary/aromatic N) is 2. The third-order valence-electron chi connectivity index (χ3n) is 8.38. The number of carbonyl (C=O) groups is 4. The van der Waals surface area contributed by atoms with Crippen LogP contribution < -0.4 is 10.6 Å². The second kappa shape index (κ2) is 10.3. The van der Waals surface area contributed by atoms with Gasteiger partial charge in [0.2, 0.25) is 11.8 Å². The lowest BCUT2D eigenvalue weighted by molar-refractivity contribution is -0.131. The number of hydrogen-bond acceptors (Lipinski definition) is 5. The van der Waals surface area contributed by atoms with Crippen LogP contribution >= 0.6 is 0 Å². The number of likely N-dealkylation sites (N-methyl/N-ethyl adjacent to an activating group) is 1. The normalized spacial score (nSPS) is 22.4. The van der Waals surface area contributed by atoms with E-state index in [1.807, 2.05) is 18.2 Å². The number of ketones is 1. The van der Waals surface area contributed by atoms with Gasteiger partial charge in [0, 0.05) is 31.1 Å². The Morgan fingerprint density at radius 1 is 1.10 bits per heavy atom. The van der Waals surface area contributed by atoms with Crippen molar-refractivity contribution < 1.29 is 28.3 Å². The van der Waals surface area contributed by atoms with Gasteiger partial charge in [-0.1, -0.05) is 24.3 Å². The lowest BCUT2D eigenvalue weighted by atomic mass is 9.86. The highest BCUT2D eigenvalue weighted by atomic mass is 19.1. The fourth-order valence-electron chi connectivity index (χ4n) is 6.40. The molecule has 2 aromatic rings. The number of fused-ring (bicyclic) bond motifs is 3. The molecule has 0 radical (unpaired) electrons. The van der Waals surface area contributed by atoms with Gasteiger partial charge in [-0.15, -0.1) is 0 Å². The van der Waals surface area contributed by atoms with E-state index in [1.165, 1.54) is 6.07 Å². The van der Waals surface area contributed by atoms with Gasteiger partial charge in [0.05, 0.1) is 12.5 Å². The van der Waals surface area contributed by atoms with Crippen molar-refractivity contribution in [3.05, 3.63) is 53.3 Å². The van der Waals surface area contributed by atoms with E-state index in [4.69, 9.17) is 10.5 Å². The maximum atomic E-state index is 15.3. The van der Waals surface area contributed by atoms with Crippen LogP contribution in [0.3, 0.4) is 0 Å². The number of anilines is 1. The molecule has 2 aliphatic heterocycles. The number of ether oxygens (including phenoxy) is 1. The topological polar surface area (TPSA) is 110 Å². The number of piperidine rings is 1. The molecule has 1 saturated carbocycles. The molecule has 9 heteroatoms. The second-order valence-corrected chi connectivity index (χ2v) is 12.3. The molecule has 0 spiro atoms. The van der Waals surface area contributed by atoms with Crippen molar-refractivity contribution in [1.82, 2.24) is 4.90 Å². The molecule has 1 saturated heterocycles. The van der Waals surface area contributed by atoms with E-state index in [1.54, 1.807) is 49.8 Å². The van der Waals surface area contributed by atoms with Crippen molar-refractivity contribution in [1.29, 1.82) is 0 Å². The SMILES string of the molecule is CN1C(=O)Cc2ccc(-c3ccc(C[C@H](CC(=O)[C@@H]4[C@H]5CC[C@H](C5)N4C(=O)OC(C)(C)C)C(N)=O)c(F)c3)cc21. The minimum atomic E-state index is -0.910. The fourth-order valence-corrected chi connectivity index (χ4v) is 6.40. The van der Waals surface area contributed by atoms with Gasteiger partial charge in [0.15, 0.2) is 5.78 Å². The van der Waals surface area contributed by atoms with Gasteiger partial charge >= 0.3 is 6.09 Å². The quantitative estimate of drug-likeness (QED) is 0.551. The van der Waals surface area contributed by atoms with Crippen LogP contribution in [0.1, 0.15) is 57.6 Å². The first kappa shape index (κ1) is 27.8. The Bertz CT molecular complexity index is 1380. The first-order valence-electron chi connectivity index (χ1n) is 13.8. The average Bonchev–Trinajstić information content (AvgIpc) is 3.57. The highest BCUT2D eigenvalue weighted by Crippen LogP contribution is 2.44. The lowest BCUT2D eigenvalue weighted by Gasteiger charge is -2.36. The van der Waals surface area contributed by atoms with Crippen molar-refractivity contribution in [2.24, 2.45) is 17.6 Å². The molecule has 40 heavy (non-hydrogen) atoms. The van der Waals surface area contributed by atoms with Crippen LogP contribution in [-0.2, 0) is 32.0 Å². The molecule has 2 heterocycles. The first-order valence-corrected chi connectivity index (χ1v) is 13.8. The summed E-state index contributed by atoms with van der Waals surface area (Å²) in [6.45, 7) is 5.34. The highest BCUT2D eigenvalue weighted by Gasteiger charge is 2.52. The Morgan fingerprint density at radius 3 is 2.48 bits per heavy atom. The van der Waals surface area contributed by atoms with Crippen LogP contribution in [-0.4, -0.2) is 53.3 Å². The van der Waals surface area contributed by atoms with Crippen LogP contribution in [0.15, 0.2) is 36.4 Å². The van der Waals surface area contributed by atoms with Crippen molar-refractivity contribution in [3.63, 3.8) is 0 Å². The summed E-state index contributed by atoms with van der Waals surface area (Å²) in [5.74, 6) is -2.30. The summed E-state index contributed by atoms with van der Waals surface area (Å²) < 4.78 is 20.9. The van der Waals surface area contributed by atoms with Crippen LogP contribution in [0.2, 0.25) is 0 Å². The largest absolute Gasteiger partial charge is 0.444 e. The predicted octanol–water partition coefficient (Wildman–Crippen LogP) is 4.40. The summed E-state index contributed by atoms with van der Waals surface area (Å²) in [7, 11) is 1.72. The second-order valence-electron chi connectivity index (χ2n) is 12.3. The number of rotatable bonds is 7. The summed E-state index contributed by atoms with van der Waals surface area (Å²) in [6, 6.07) is 9.66. The number of nitrogens with two attached hydrogens (primary N) is 1. The number of benzene rings is 2. The Morgan fingerprint density at radius 2 is 1.80 bits per heavy atom. The van der Waals surface area contributed by atoms with E-state index >= 15 is 4.39 Å². The predicted molar refractivity (Wildman–Crippen MR) is 148 cm³/mol. The number of amides is 3. The first-order chi connectivity index (χ1) is 18.8. The molecule has 4 atom stereocenters. The van der Waals surface area contributed by atoms with E-state index in [0.717, 1.165) is 36.1 Å². The van der Waals surface area contributed by atoms with E-state index in [2.05, 4.69) is 0 Å². The number of primary amides is 1. The summed E-state index contributed by atoms with van der Waals surface area (Å²) in [5, 5.41) is 0. The van der Waals surface area contributed by atoms with Crippen molar-refractivity contribution in [2.45, 2.75) is 77.0 Å². The van der Waals surface area contributed by atoms with Gasteiger partial charge in [-0.2, -0.15) is 0 Å². The average molecular weight is 550 g/mol. The monoisotopic (exact) mass is 549 g/mol. The van der Waals surface area contributed by atoms with Crippen LogP contribution in [0.5, 0.6) is 0 Å². The van der Waals surface area contributed by atoms with Crippen molar-refractivity contribution in [2.75, 3.05) is 11.9 Å². The minimum absolute atomic E-state index is 0.0142. The summed E-state index contributed by atoms with van der Waals surface area (Å²) in [5.41, 5.74) is 8.42. The molecule has 2 fully saturated rings. The summed E-state index contributed by atoms with van der Waals surface area (Å²) in [6.07, 6.45) is 2.03. The zero-order valence-corrected chi connectivity index (χ0v) is 23.4. The van der Waals surface area contributed by atoms with Crippen molar-refractivity contribution in [3.8, 4) is 11.1 Å². The molecule has 3 aliphatic rings. The number of halogens is 1. The van der Waals surface area contributed by atoms with Crippen LogP contribution in [0.4, 0.5) is 14.9 Å². The van der Waals surface area contributed by atoms with E-state index in [9.17, 15) is 19.2 Å². The standard InChI is InChI=1S/C31H36FN3O5/c1-31(2,3)40-30(39)35-23-10-9-21(12-23)28(35)26(36)15-22(29(33)38)11-19-7-5-17(13-24(19)32)18-6-8-20-16-27(37)34(4)25(20)14-18/h5-8,13-14,21-23,28H,9-12,15-16H2,1-4H3,(H2,33,38)/t21-,22+,23+,28-/m0/s1. The third kappa shape index (κ3) is 5.33. The van der Waals surface area contributed by atoms with Gasteiger partial charge in [0.1, 0.15) is 11.4 Å². The van der Waals surface area contributed by atoms with Gasteiger partial charge in [-0.05, 0) is 86.8 Å². The maximum Gasteiger partial charge on any atom is 0.411 e. The van der Waals surface area contributed by atoms with Crippen LogP contribution in [0, 0.1) is 17.7 Å². The molecule has 0 unspecified atom stereocenters. The van der Waals surface area contributed by atoms with Gasteiger partial charge < -0.3 is 15.4 Å². The highest BCUT2D eigenvalue weighted by molar-refractivity contribution is 6.01. The Hall–Kier alpha value is -3.75. The van der Waals surface area contributed by atoms with Gasteiger partial charge in [0.25, 0.3) is 0 Å². The molecule has 0 aromatic heterocycles. The molecule has 3 amide bonds. The molecule has 2 N–H and O–H groups in total. The van der Waals surface area contributed by atoms with E-state index < -0.39 is 35.4 Å². The summed E-state index contributed by atoms with van der Waals surface area (Å²) in [4.78, 5) is 54.0. The lowest BCUT2D eigenvalue weighted by Crippen LogP contribution is -2.51. The van der Waals surface area contributed by atoms with Gasteiger partial charge in [-0.25, -0.2) is 9.18 Å². The fraction of sp³-hybridized carbons (Fsp3) is 0.484. The van der Waals surface area contributed by atoms with Crippen molar-refractivity contribution >= 4 is 29.4 Å². The zero-order valence-electron chi connectivity index (χ0n) is 23.4. The van der Waals surface area contributed by atoms with Crippen LogP contribution in [0.25, 0.3) is 11.1 Å². The number of carbonyl (C=O) groups excluding carboxylic acids is 4. The molecule has 2 bridgehead atoms. The van der Waals surface area contributed by atoms with Gasteiger partial charge in [-0.3, -0.25) is 19.3 Å². The third-order valence-corrected chi connectivity index (χ3v) is 8.38. The molecule has 212 valence electrons.